The Balaban J connectivity index is 2.32. The quantitative estimate of drug-likeness (QED) is 0.397. The third kappa shape index (κ3) is 0.523. The molecule has 1 N–H and O–H groups in total. The van der Waals surface area contributed by atoms with Crippen LogP contribution < -0.4 is 4.98 Å². The van der Waals surface area contributed by atoms with E-state index in [1.165, 1.54) is 0 Å². The first-order valence-corrected chi connectivity index (χ1v) is 2.29. The maximum atomic E-state index is 3.62. The lowest BCUT2D eigenvalue weighted by Gasteiger charge is -1.69. The molecule has 0 bridgehead atoms. The molecule has 2 radical (unpaired) electrons. The SMILES string of the molecule is C1N=N[Si]N1. The van der Waals surface area contributed by atoms with Crippen LogP contribution in [0.3, 0.4) is 0 Å². The molecule has 3 nitrogen and oxygen atoms in total. The molecule has 4 heteroatoms. The molecule has 0 spiro atoms. The van der Waals surface area contributed by atoms with Gasteiger partial charge in [0.25, 0.3) is 0 Å². The van der Waals surface area contributed by atoms with Crippen molar-refractivity contribution in [2.24, 2.45) is 9.89 Å². The van der Waals surface area contributed by atoms with Crippen LogP contribution in [-0.2, 0) is 0 Å². The van der Waals surface area contributed by atoms with E-state index in [4.69, 9.17) is 0 Å². The van der Waals surface area contributed by atoms with E-state index >= 15 is 0 Å². The second-order valence-electron chi connectivity index (χ2n) is 0.688. The molecule has 0 saturated carbocycles. The summed E-state index contributed by atoms with van der Waals surface area (Å²) in [6.45, 7) is 0.721. The Morgan fingerprint density at radius 2 is 2.80 bits per heavy atom. The molecule has 5 heavy (non-hydrogen) atoms. The molecule has 1 rings (SSSR count). The second-order valence-corrected chi connectivity index (χ2v) is 1.47. The van der Waals surface area contributed by atoms with E-state index in [0.717, 1.165) is 6.67 Å². The van der Waals surface area contributed by atoms with Crippen LogP contribution in [0.1, 0.15) is 0 Å². The molecule has 0 aromatic rings. The van der Waals surface area contributed by atoms with Crippen molar-refractivity contribution in [2.75, 3.05) is 6.67 Å². The van der Waals surface area contributed by atoms with Gasteiger partial charge >= 0.3 is 9.84 Å². The van der Waals surface area contributed by atoms with Gasteiger partial charge in [-0.05, 0) is 0 Å². The van der Waals surface area contributed by atoms with Gasteiger partial charge in [-0.25, -0.2) is 4.78 Å². The predicted molar refractivity (Wildman–Crippen MR) is 18.6 cm³/mol. The van der Waals surface area contributed by atoms with E-state index in [2.05, 4.69) is 14.9 Å². The fourth-order valence-electron chi connectivity index (χ4n) is 0.177. The maximum absolute atomic E-state index is 3.62. The van der Waals surface area contributed by atoms with E-state index in [9.17, 15) is 0 Å². The topological polar surface area (TPSA) is 36.8 Å². The molecule has 0 fully saturated rings. The number of rotatable bonds is 0. The molecule has 0 atom stereocenters. The van der Waals surface area contributed by atoms with Crippen molar-refractivity contribution < 1.29 is 0 Å². The maximum Gasteiger partial charge on any atom is 0.343 e. The summed E-state index contributed by atoms with van der Waals surface area (Å²) < 4.78 is 3.62. The average molecular weight is 85.1 g/mol. The van der Waals surface area contributed by atoms with Crippen LogP contribution in [-0.4, -0.2) is 16.5 Å². The highest BCUT2D eigenvalue weighted by atomic mass is 28.2. The van der Waals surface area contributed by atoms with Crippen molar-refractivity contribution in [3.63, 3.8) is 0 Å². The fraction of sp³-hybridized carbons (Fsp3) is 1.00. The Morgan fingerprint density at radius 3 is 3.00 bits per heavy atom. The minimum absolute atomic E-state index is 0.517. The zero-order valence-corrected chi connectivity index (χ0v) is 3.60. The Bertz CT molecular complexity index is 44.9. The molecule has 0 aromatic heterocycles. The zero-order valence-electron chi connectivity index (χ0n) is 2.60. The standard InChI is InChI=1S/CH3N3Si/c1-2-4-5-3-1/h3H,1H2. The third-order valence-electron chi connectivity index (χ3n) is 0.350. The van der Waals surface area contributed by atoms with Gasteiger partial charge in [-0.3, -0.25) is 4.98 Å². The van der Waals surface area contributed by atoms with Crippen LogP contribution in [0.2, 0.25) is 0 Å². The first-order chi connectivity index (χ1) is 2.50. The smallest absolute Gasteiger partial charge is 0.298 e. The summed E-state index contributed by atoms with van der Waals surface area (Å²) >= 11 is 0. The summed E-state index contributed by atoms with van der Waals surface area (Å²) in [6.07, 6.45) is 0. The summed E-state index contributed by atoms with van der Waals surface area (Å²) in [4.78, 5) is 2.92. The summed E-state index contributed by atoms with van der Waals surface area (Å²) in [5, 5.41) is 3.61. The Hall–Kier alpha value is -0.223. The van der Waals surface area contributed by atoms with Crippen molar-refractivity contribution >= 4 is 9.84 Å². The lowest BCUT2D eigenvalue weighted by Crippen LogP contribution is -2.09. The number of nitrogens with zero attached hydrogens (tertiary/aromatic N) is 2. The Morgan fingerprint density at radius 1 is 1.80 bits per heavy atom. The highest BCUT2D eigenvalue weighted by Crippen LogP contribution is 1.73. The Labute approximate surface area is 32.5 Å². The van der Waals surface area contributed by atoms with E-state index in [1.807, 2.05) is 0 Å². The van der Waals surface area contributed by atoms with Crippen LogP contribution in [0, 0.1) is 0 Å². The molecule has 1 heterocycles. The van der Waals surface area contributed by atoms with Gasteiger partial charge in [0.2, 0.25) is 0 Å². The molecule has 1 aliphatic rings. The van der Waals surface area contributed by atoms with Crippen LogP contribution >= 0.6 is 0 Å². The van der Waals surface area contributed by atoms with Crippen molar-refractivity contribution in [3.05, 3.63) is 0 Å². The first kappa shape index (κ1) is 2.99. The van der Waals surface area contributed by atoms with Crippen LogP contribution in [0.25, 0.3) is 0 Å². The van der Waals surface area contributed by atoms with Crippen LogP contribution in [0.5, 0.6) is 0 Å². The molecular weight excluding hydrogens is 82.1 g/mol. The molecule has 1 aliphatic heterocycles. The van der Waals surface area contributed by atoms with Crippen LogP contribution in [0.15, 0.2) is 9.89 Å². The summed E-state index contributed by atoms with van der Waals surface area (Å²) in [5.41, 5.74) is 0. The van der Waals surface area contributed by atoms with Gasteiger partial charge in [-0.2, -0.15) is 5.11 Å². The summed E-state index contributed by atoms with van der Waals surface area (Å²) in [6, 6.07) is 0. The molecular formula is CH3N3Si. The number of nitrogens with one attached hydrogen (secondary N) is 1. The van der Waals surface area contributed by atoms with Gasteiger partial charge in [0.15, 0.2) is 0 Å². The fourth-order valence-corrected chi connectivity index (χ4v) is 0.530. The first-order valence-electron chi connectivity index (χ1n) is 1.34. The molecule has 0 amide bonds. The van der Waals surface area contributed by atoms with E-state index in [-0.39, 0.29) is 0 Å². The molecule has 0 aromatic carbocycles. The highest BCUT2D eigenvalue weighted by molar-refractivity contribution is 6.29. The summed E-state index contributed by atoms with van der Waals surface area (Å²) in [7, 11) is 0.517. The predicted octanol–water partition coefficient (Wildman–Crippen LogP) is -0.466. The minimum Gasteiger partial charge on any atom is -0.298 e. The molecule has 0 saturated heterocycles. The van der Waals surface area contributed by atoms with Gasteiger partial charge < -0.3 is 0 Å². The van der Waals surface area contributed by atoms with E-state index in [0.29, 0.717) is 9.84 Å². The average Bonchev–Trinajstić information content (AvgIpc) is 1.76. The molecule has 0 unspecified atom stereocenters. The second kappa shape index (κ2) is 1.28. The van der Waals surface area contributed by atoms with Gasteiger partial charge in [-0.15, -0.1) is 0 Å². The molecule has 0 aliphatic carbocycles. The lowest BCUT2D eigenvalue weighted by atomic mass is 11.3. The normalized spacial score (nSPS) is 20.8. The number of hydrogen-bond acceptors (Lipinski definition) is 3. The van der Waals surface area contributed by atoms with Gasteiger partial charge in [0, 0.05) is 0 Å². The third-order valence-corrected chi connectivity index (χ3v) is 0.907. The van der Waals surface area contributed by atoms with Crippen molar-refractivity contribution in [2.45, 2.75) is 0 Å². The van der Waals surface area contributed by atoms with Gasteiger partial charge in [-0.1, -0.05) is 0 Å². The minimum atomic E-state index is 0.517. The van der Waals surface area contributed by atoms with Gasteiger partial charge in [0.05, 0.1) is 0 Å². The van der Waals surface area contributed by atoms with Crippen molar-refractivity contribution in [1.82, 2.24) is 4.98 Å². The lowest BCUT2D eigenvalue weighted by molar-refractivity contribution is 0.972. The monoisotopic (exact) mass is 85.0 g/mol. The van der Waals surface area contributed by atoms with Gasteiger partial charge in [0.1, 0.15) is 6.67 Å². The highest BCUT2D eigenvalue weighted by Gasteiger charge is 1.88. The van der Waals surface area contributed by atoms with Crippen molar-refractivity contribution in [1.29, 1.82) is 0 Å². The zero-order chi connectivity index (χ0) is 3.54. The van der Waals surface area contributed by atoms with Crippen LogP contribution in [0.4, 0.5) is 0 Å². The molecule has 26 valence electrons. The van der Waals surface area contributed by atoms with E-state index in [1.54, 1.807) is 0 Å². The largest absolute Gasteiger partial charge is 0.343 e. The Kier molecular flexibility index (Phi) is 0.762. The number of hydrogen-bond donors (Lipinski definition) is 1. The van der Waals surface area contributed by atoms with Crippen molar-refractivity contribution in [3.8, 4) is 0 Å². The van der Waals surface area contributed by atoms with E-state index < -0.39 is 0 Å². The summed E-state index contributed by atoms with van der Waals surface area (Å²) in [5.74, 6) is 0.